The molecule has 2 nitrogen and oxygen atoms in total. The molecule has 1 fully saturated rings. The van der Waals surface area contributed by atoms with Crippen molar-refractivity contribution in [3.05, 3.63) is 29.8 Å². The van der Waals surface area contributed by atoms with Gasteiger partial charge in [-0.15, -0.1) is 0 Å². The molecule has 17 heavy (non-hydrogen) atoms. The first-order chi connectivity index (χ1) is 8.20. The molecule has 1 aromatic carbocycles. The van der Waals surface area contributed by atoms with E-state index in [1.54, 1.807) is 0 Å². The van der Waals surface area contributed by atoms with E-state index in [4.69, 9.17) is 0 Å². The second-order valence-electron chi connectivity index (χ2n) is 5.36. The van der Waals surface area contributed by atoms with Crippen molar-refractivity contribution in [3.8, 4) is 0 Å². The van der Waals surface area contributed by atoms with Crippen molar-refractivity contribution in [1.82, 2.24) is 5.32 Å². The van der Waals surface area contributed by atoms with Crippen LogP contribution in [0.5, 0.6) is 0 Å². The Morgan fingerprint density at radius 3 is 2.41 bits per heavy atom. The Morgan fingerprint density at radius 1 is 1.24 bits per heavy atom. The Kier molecular flexibility index (Phi) is 4.06. The van der Waals surface area contributed by atoms with Crippen LogP contribution in [0.2, 0.25) is 0 Å². The monoisotopic (exact) mass is 232 g/mol. The van der Waals surface area contributed by atoms with Crippen LogP contribution >= 0.6 is 0 Å². The average Bonchev–Trinajstić information content (AvgIpc) is 2.25. The van der Waals surface area contributed by atoms with Gasteiger partial charge in [-0.3, -0.25) is 0 Å². The van der Waals surface area contributed by atoms with Gasteiger partial charge in [0.15, 0.2) is 0 Å². The summed E-state index contributed by atoms with van der Waals surface area (Å²) in [6.45, 7) is 11.2. The Hall–Kier alpha value is -1.02. The molecule has 2 heteroatoms. The van der Waals surface area contributed by atoms with E-state index >= 15 is 0 Å². The molecule has 0 bridgehead atoms. The fraction of sp³-hybridized carbons (Fsp3) is 0.600. The average molecular weight is 232 g/mol. The number of hydrogen-bond acceptors (Lipinski definition) is 2. The van der Waals surface area contributed by atoms with E-state index in [-0.39, 0.29) is 0 Å². The van der Waals surface area contributed by atoms with Crippen LogP contribution < -0.4 is 10.2 Å². The highest BCUT2D eigenvalue weighted by molar-refractivity contribution is 5.49. The molecule has 0 spiro atoms. The molecule has 0 radical (unpaired) electrons. The predicted molar refractivity (Wildman–Crippen MR) is 74.4 cm³/mol. The van der Waals surface area contributed by atoms with Crippen molar-refractivity contribution in [2.75, 3.05) is 24.5 Å². The molecule has 94 valence electrons. The number of hydrogen-bond donors (Lipinski definition) is 1. The maximum Gasteiger partial charge on any atom is 0.0366 e. The van der Waals surface area contributed by atoms with Gasteiger partial charge in [-0.25, -0.2) is 0 Å². The van der Waals surface area contributed by atoms with Gasteiger partial charge in [-0.05, 0) is 36.1 Å². The van der Waals surface area contributed by atoms with Crippen molar-refractivity contribution >= 4 is 5.69 Å². The van der Waals surface area contributed by atoms with Gasteiger partial charge >= 0.3 is 0 Å². The van der Waals surface area contributed by atoms with Crippen LogP contribution in [0.1, 0.15) is 26.3 Å². The summed E-state index contributed by atoms with van der Waals surface area (Å²) < 4.78 is 0. The van der Waals surface area contributed by atoms with E-state index in [0.29, 0.717) is 0 Å². The second-order valence-corrected chi connectivity index (χ2v) is 5.36. The standard InChI is InChI=1S/C15H24N2/c1-4-16-9-13-5-7-15(8-6-13)17-10-14(11-17)12(2)3/h5-8,12,14,16H,4,9-11H2,1-3H3. The van der Waals surface area contributed by atoms with Gasteiger partial charge in [-0.2, -0.15) is 0 Å². The van der Waals surface area contributed by atoms with Gasteiger partial charge in [0.1, 0.15) is 0 Å². The lowest BCUT2D eigenvalue weighted by atomic mass is 9.88. The largest absolute Gasteiger partial charge is 0.371 e. The minimum Gasteiger partial charge on any atom is -0.371 e. The van der Waals surface area contributed by atoms with Crippen LogP contribution in [-0.2, 0) is 6.54 Å². The summed E-state index contributed by atoms with van der Waals surface area (Å²) in [5.41, 5.74) is 2.75. The minimum atomic E-state index is 0.819. The van der Waals surface area contributed by atoms with Crippen molar-refractivity contribution in [3.63, 3.8) is 0 Å². The lowest BCUT2D eigenvalue weighted by Gasteiger charge is -2.43. The first-order valence-electron chi connectivity index (χ1n) is 6.75. The SMILES string of the molecule is CCNCc1ccc(N2CC(C(C)C)C2)cc1. The third kappa shape index (κ3) is 3.01. The second kappa shape index (κ2) is 5.54. The summed E-state index contributed by atoms with van der Waals surface area (Å²) in [5.74, 6) is 1.70. The molecule has 2 rings (SSSR count). The lowest BCUT2D eigenvalue weighted by molar-refractivity contribution is 0.310. The minimum absolute atomic E-state index is 0.819. The summed E-state index contributed by atoms with van der Waals surface area (Å²) in [5, 5.41) is 3.35. The van der Waals surface area contributed by atoms with Gasteiger partial charge in [0, 0.05) is 25.3 Å². The van der Waals surface area contributed by atoms with E-state index in [9.17, 15) is 0 Å². The van der Waals surface area contributed by atoms with Gasteiger partial charge in [0.25, 0.3) is 0 Å². The van der Waals surface area contributed by atoms with Crippen molar-refractivity contribution < 1.29 is 0 Å². The molecule has 1 N–H and O–H groups in total. The highest BCUT2D eigenvalue weighted by Gasteiger charge is 2.28. The van der Waals surface area contributed by atoms with Crippen molar-refractivity contribution in [2.45, 2.75) is 27.3 Å². The molecular weight excluding hydrogens is 208 g/mol. The number of anilines is 1. The quantitative estimate of drug-likeness (QED) is 0.840. The number of rotatable bonds is 5. The zero-order chi connectivity index (χ0) is 12.3. The van der Waals surface area contributed by atoms with Gasteiger partial charge in [0.05, 0.1) is 0 Å². The molecule has 0 amide bonds. The van der Waals surface area contributed by atoms with Crippen LogP contribution in [0, 0.1) is 11.8 Å². The van der Waals surface area contributed by atoms with Crippen LogP contribution in [0.4, 0.5) is 5.69 Å². The van der Waals surface area contributed by atoms with Crippen LogP contribution in [0.25, 0.3) is 0 Å². The predicted octanol–water partition coefficient (Wildman–Crippen LogP) is 2.89. The Morgan fingerprint density at radius 2 is 1.88 bits per heavy atom. The summed E-state index contributed by atoms with van der Waals surface area (Å²) >= 11 is 0. The molecule has 0 unspecified atom stereocenters. The topological polar surface area (TPSA) is 15.3 Å². The molecule has 0 aliphatic carbocycles. The van der Waals surface area contributed by atoms with Gasteiger partial charge < -0.3 is 10.2 Å². The molecule has 1 aliphatic heterocycles. The molecule has 0 aromatic heterocycles. The van der Waals surface area contributed by atoms with E-state index in [1.165, 1.54) is 24.3 Å². The third-order valence-electron chi connectivity index (χ3n) is 3.73. The Labute approximate surface area is 105 Å². The Balaban J connectivity index is 1.87. The van der Waals surface area contributed by atoms with E-state index < -0.39 is 0 Å². The number of nitrogens with zero attached hydrogens (tertiary/aromatic N) is 1. The fourth-order valence-corrected chi connectivity index (χ4v) is 2.24. The van der Waals surface area contributed by atoms with Crippen molar-refractivity contribution in [2.24, 2.45) is 11.8 Å². The van der Waals surface area contributed by atoms with Gasteiger partial charge in [0.2, 0.25) is 0 Å². The first-order valence-corrected chi connectivity index (χ1v) is 6.75. The number of benzene rings is 1. The smallest absolute Gasteiger partial charge is 0.0366 e. The lowest BCUT2D eigenvalue weighted by Crippen LogP contribution is -2.49. The van der Waals surface area contributed by atoms with E-state index in [2.05, 4.69) is 55.3 Å². The highest BCUT2D eigenvalue weighted by atomic mass is 15.2. The zero-order valence-corrected chi connectivity index (χ0v) is 11.2. The number of nitrogens with one attached hydrogen (secondary N) is 1. The van der Waals surface area contributed by atoms with Gasteiger partial charge in [-0.1, -0.05) is 32.9 Å². The van der Waals surface area contributed by atoms with E-state index in [0.717, 1.165) is 24.9 Å². The maximum atomic E-state index is 3.35. The molecule has 0 saturated carbocycles. The normalized spacial score (nSPS) is 16.4. The first kappa shape index (κ1) is 12.4. The third-order valence-corrected chi connectivity index (χ3v) is 3.73. The van der Waals surface area contributed by atoms with E-state index in [1.807, 2.05) is 0 Å². The van der Waals surface area contributed by atoms with Crippen molar-refractivity contribution in [1.29, 1.82) is 0 Å². The molecule has 1 saturated heterocycles. The summed E-state index contributed by atoms with van der Waals surface area (Å²) in [7, 11) is 0. The van der Waals surface area contributed by atoms with Crippen LogP contribution in [-0.4, -0.2) is 19.6 Å². The molecule has 1 heterocycles. The summed E-state index contributed by atoms with van der Waals surface area (Å²) in [6.07, 6.45) is 0. The van der Waals surface area contributed by atoms with Crippen LogP contribution in [0.15, 0.2) is 24.3 Å². The molecule has 1 aromatic rings. The molecule has 1 aliphatic rings. The highest BCUT2D eigenvalue weighted by Crippen LogP contribution is 2.28. The zero-order valence-electron chi connectivity index (χ0n) is 11.2. The maximum absolute atomic E-state index is 3.35. The molecule has 0 atom stereocenters. The summed E-state index contributed by atoms with van der Waals surface area (Å²) in [6, 6.07) is 8.98. The summed E-state index contributed by atoms with van der Waals surface area (Å²) in [4.78, 5) is 2.47. The van der Waals surface area contributed by atoms with Crippen LogP contribution in [0.3, 0.4) is 0 Å². The Bertz CT molecular complexity index is 336. The fourth-order valence-electron chi connectivity index (χ4n) is 2.24. The molecular formula is C15H24N2.